The van der Waals surface area contributed by atoms with E-state index in [9.17, 15) is 9.59 Å². The molecular formula is C13H15BrN2O2. The Labute approximate surface area is 114 Å². The molecule has 4 nitrogen and oxygen atoms in total. The summed E-state index contributed by atoms with van der Waals surface area (Å²) in [6.07, 6.45) is 2.23. The van der Waals surface area contributed by atoms with Crippen LogP contribution in [0.25, 0.3) is 0 Å². The first-order chi connectivity index (χ1) is 8.58. The molecule has 2 amide bonds. The summed E-state index contributed by atoms with van der Waals surface area (Å²) in [7, 11) is 0. The van der Waals surface area contributed by atoms with E-state index in [1.165, 1.54) is 0 Å². The van der Waals surface area contributed by atoms with Gasteiger partial charge in [-0.25, -0.2) is 0 Å². The SMILES string of the molecule is NC(=O)[C@@H](Cc1ccccc1Br)NC(=O)C1CC1. The number of nitrogens with one attached hydrogen (secondary N) is 1. The van der Waals surface area contributed by atoms with Crippen molar-refractivity contribution in [1.29, 1.82) is 0 Å². The smallest absolute Gasteiger partial charge is 0.240 e. The molecule has 1 aliphatic carbocycles. The molecule has 0 saturated heterocycles. The molecular weight excluding hydrogens is 296 g/mol. The number of carbonyl (C=O) groups excluding carboxylic acids is 2. The topological polar surface area (TPSA) is 72.2 Å². The molecule has 0 aliphatic heterocycles. The number of nitrogens with two attached hydrogens (primary N) is 1. The molecule has 0 aromatic heterocycles. The van der Waals surface area contributed by atoms with Crippen molar-refractivity contribution in [3.63, 3.8) is 0 Å². The van der Waals surface area contributed by atoms with Crippen LogP contribution in [-0.2, 0) is 16.0 Å². The highest BCUT2D eigenvalue weighted by molar-refractivity contribution is 9.10. The van der Waals surface area contributed by atoms with E-state index >= 15 is 0 Å². The van der Waals surface area contributed by atoms with Gasteiger partial charge in [0.15, 0.2) is 0 Å². The number of primary amides is 1. The third-order valence-electron chi connectivity index (χ3n) is 2.99. The lowest BCUT2D eigenvalue weighted by Gasteiger charge is -2.16. The van der Waals surface area contributed by atoms with Crippen molar-refractivity contribution in [3.8, 4) is 0 Å². The molecule has 1 aliphatic rings. The number of carbonyl (C=O) groups is 2. The van der Waals surface area contributed by atoms with Crippen molar-refractivity contribution in [2.45, 2.75) is 25.3 Å². The fourth-order valence-corrected chi connectivity index (χ4v) is 2.19. The first-order valence-electron chi connectivity index (χ1n) is 5.91. The Morgan fingerprint density at radius 3 is 2.61 bits per heavy atom. The zero-order valence-electron chi connectivity index (χ0n) is 9.86. The zero-order valence-corrected chi connectivity index (χ0v) is 11.4. The molecule has 1 aromatic rings. The van der Waals surface area contributed by atoms with Crippen LogP contribution in [0.1, 0.15) is 18.4 Å². The second-order valence-electron chi connectivity index (χ2n) is 4.53. The molecule has 0 bridgehead atoms. The Morgan fingerprint density at radius 2 is 2.06 bits per heavy atom. The van der Waals surface area contributed by atoms with Gasteiger partial charge < -0.3 is 11.1 Å². The molecule has 18 heavy (non-hydrogen) atoms. The third kappa shape index (κ3) is 3.32. The van der Waals surface area contributed by atoms with Crippen molar-refractivity contribution in [2.24, 2.45) is 11.7 Å². The lowest BCUT2D eigenvalue weighted by atomic mass is 10.1. The number of amides is 2. The molecule has 5 heteroatoms. The first kappa shape index (κ1) is 13.1. The second kappa shape index (κ2) is 5.52. The zero-order chi connectivity index (χ0) is 13.1. The van der Waals surface area contributed by atoms with E-state index in [0.717, 1.165) is 22.9 Å². The minimum atomic E-state index is -0.642. The molecule has 3 N–H and O–H groups in total. The lowest BCUT2D eigenvalue weighted by Crippen LogP contribution is -2.46. The molecule has 0 heterocycles. The van der Waals surface area contributed by atoms with E-state index in [1.807, 2.05) is 24.3 Å². The summed E-state index contributed by atoms with van der Waals surface area (Å²) >= 11 is 3.42. The maximum Gasteiger partial charge on any atom is 0.240 e. The Balaban J connectivity index is 2.04. The maximum atomic E-state index is 11.7. The van der Waals surface area contributed by atoms with Crippen molar-refractivity contribution in [1.82, 2.24) is 5.32 Å². The average molecular weight is 311 g/mol. The summed E-state index contributed by atoms with van der Waals surface area (Å²) in [5.74, 6) is -0.489. The number of benzene rings is 1. The van der Waals surface area contributed by atoms with Crippen LogP contribution in [0, 0.1) is 5.92 Å². The molecule has 1 fully saturated rings. The van der Waals surface area contributed by atoms with Crippen LogP contribution in [0.15, 0.2) is 28.7 Å². The van der Waals surface area contributed by atoms with Gasteiger partial charge in [-0.1, -0.05) is 34.1 Å². The minimum absolute atomic E-state index is 0.0640. The number of hydrogen-bond donors (Lipinski definition) is 2. The Hall–Kier alpha value is -1.36. The number of hydrogen-bond acceptors (Lipinski definition) is 2. The van der Waals surface area contributed by atoms with Gasteiger partial charge in [0.2, 0.25) is 11.8 Å². The van der Waals surface area contributed by atoms with E-state index < -0.39 is 11.9 Å². The summed E-state index contributed by atoms with van der Waals surface area (Å²) in [6, 6.07) is 6.95. The van der Waals surface area contributed by atoms with Crippen LogP contribution in [0.2, 0.25) is 0 Å². The van der Waals surface area contributed by atoms with Gasteiger partial charge in [0.05, 0.1) is 0 Å². The molecule has 1 aromatic carbocycles. The fourth-order valence-electron chi connectivity index (χ4n) is 1.74. The maximum absolute atomic E-state index is 11.7. The summed E-state index contributed by atoms with van der Waals surface area (Å²) < 4.78 is 0.914. The van der Waals surface area contributed by atoms with Crippen molar-refractivity contribution in [3.05, 3.63) is 34.3 Å². The summed E-state index contributed by atoms with van der Waals surface area (Å²) in [6.45, 7) is 0. The average Bonchev–Trinajstić information content (AvgIpc) is 3.14. The summed E-state index contributed by atoms with van der Waals surface area (Å²) in [4.78, 5) is 23.1. The van der Waals surface area contributed by atoms with E-state index in [1.54, 1.807) is 0 Å². The van der Waals surface area contributed by atoms with Gasteiger partial charge in [-0.2, -0.15) is 0 Å². The Morgan fingerprint density at radius 1 is 1.39 bits per heavy atom. The Kier molecular flexibility index (Phi) is 4.01. The van der Waals surface area contributed by atoms with Crippen LogP contribution in [0.4, 0.5) is 0 Å². The van der Waals surface area contributed by atoms with Gasteiger partial charge in [0.25, 0.3) is 0 Å². The van der Waals surface area contributed by atoms with Gasteiger partial charge in [-0.15, -0.1) is 0 Å². The predicted molar refractivity (Wildman–Crippen MR) is 71.7 cm³/mol. The first-order valence-corrected chi connectivity index (χ1v) is 6.70. The molecule has 1 atom stereocenters. The van der Waals surface area contributed by atoms with E-state index in [-0.39, 0.29) is 11.8 Å². The van der Waals surface area contributed by atoms with Gasteiger partial charge in [0, 0.05) is 16.8 Å². The van der Waals surface area contributed by atoms with Crippen LogP contribution >= 0.6 is 15.9 Å². The third-order valence-corrected chi connectivity index (χ3v) is 3.76. The van der Waals surface area contributed by atoms with E-state index in [2.05, 4.69) is 21.2 Å². The van der Waals surface area contributed by atoms with Crippen molar-refractivity contribution >= 4 is 27.7 Å². The van der Waals surface area contributed by atoms with Crippen LogP contribution in [-0.4, -0.2) is 17.9 Å². The number of rotatable bonds is 5. The molecule has 0 spiro atoms. The standard InChI is InChI=1S/C13H15BrN2O2/c14-10-4-2-1-3-9(10)7-11(12(15)17)16-13(18)8-5-6-8/h1-4,8,11H,5-7H2,(H2,15,17)(H,16,18)/t11-/m1/s1. The van der Waals surface area contributed by atoms with Crippen molar-refractivity contribution in [2.75, 3.05) is 0 Å². The largest absolute Gasteiger partial charge is 0.368 e. The molecule has 2 rings (SSSR count). The second-order valence-corrected chi connectivity index (χ2v) is 5.39. The monoisotopic (exact) mass is 310 g/mol. The molecule has 0 radical (unpaired) electrons. The summed E-state index contributed by atoms with van der Waals surface area (Å²) in [5.41, 5.74) is 6.29. The Bertz CT molecular complexity index is 472. The highest BCUT2D eigenvalue weighted by Gasteiger charge is 2.32. The van der Waals surface area contributed by atoms with Gasteiger partial charge >= 0.3 is 0 Å². The minimum Gasteiger partial charge on any atom is -0.368 e. The van der Waals surface area contributed by atoms with Crippen LogP contribution in [0.3, 0.4) is 0 Å². The quantitative estimate of drug-likeness (QED) is 0.862. The van der Waals surface area contributed by atoms with Gasteiger partial charge in [-0.3, -0.25) is 9.59 Å². The predicted octanol–water partition coefficient (Wildman–Crippen LogP) is 1.37. The highest BCUT2D eigenvalue weighted by atomic mass is 79.9. The molecule has 96 valence electrons. The van der Waals surface area contributed by atoms with Crippen LogP contribution < -0.4 is 11.1 Å². The molecule has 1 saturated carbocycles. The van der Waals surface area contributed by atoms with Gasteiger partial charge in [0.1, 0.15) is 6.04 Å². The van der Waals surface area contributed by atoms with E-state index in [4.69, 9.17) is 5.73 Å². The van der Waals surface area contributed by atoms with Gasteiger partial charge in [-0.05, 0) is 24.5 Å². The molecule has 0 unspecified atom stereocenters. The van der Waals surface area contributed by atoms with Crippen molar-refractivity contribution < 1.29 is 9.59 Å². The highest BCUT2D eigenvalue weighted by Crippen LogP contribution is 2.29. The van der Waals surface area contributed by atoms with E-state index in [0.29, 0.717) is 6.42 Å². The fraction of sp³-hybridized carbons (Fsp3) is 0.385. The van der Waals surface area contributed by atoms with Crippen LogP contribution in [0.5, 0.6) is 0 Å². The number of halogens is 1. The normalized spacial score (nSPS) is 16.1. The summed E-state index contributed by atoms with van der Waals surface area (Å²) in [5, 5.41) is 2.72. The lowest BCUT2D eigenvalue weighted by molar-refractivity contribution is -0.128.